The first-order chi connectivity index (χ1) is 12.4. The van der Waals surface area contributed by atoms with Crippen LogP contribution in [0.25, 0.3) is 32.7 Å². The van der Waals surface area contributed by atoms with E-state index in [4.69, 9.17) is 0 Å². The zero-order valence-electron chi connectivity index (χ0n) is 13.7. The third-order valence-corrected chi connectivity index (χ3v) is 4.94. The van der Waals surface area contributed by atoms with Crippen molar-refractivity contribution in [3.8, 4) is 11.1 Å². The van der Waals surface area contributed by atoms with Crippen LogP contribution in [0.15, 0.2) is 91.3 Å². The minimum atomic E-state index is 0.0959. The molecule has 0 saturated carbocycles. The third-order valence-electron chi connectivity index (χ3n) is 4.94. The topological polar surface area (TPSA) is 24.1 Å². The Balaban J connectivity index is 1.88. The van der Waals surface area contributed by atoms with Crippen LogP contribution in [-0.2, 0) is 0 Å². The van der Waals surface area contributed by atoms with Crippen LogP contribution in [0.5, 0.6) is 0 Å². The minimum absolute atomic E-state index is 0.0959. The molecule has 4 aromatic carbocycles. The number of rotatable bonds is 2. The lowest BCUT2D eigenvalue weighted by Gasteiger charge is -2.20. The van der Waals surface area contributed by atoms with Gasteiger partial charge in [-0.05, 0) is 32.7 Å². The van der Waals surface area contributed by atoms with Gasteiger partial charge in [-0.15, -0.1) is 0 Å². The molecular weight excluding hydrogens is 304 g/mol. The first-order valence-electron chi connectivity index (χ1n) is 8.59. The fraction of sp³-hybridized carbons (Fsp3) is 0.0435. The molecule has 0 bridgehead atoms. The van der Waals surface area contributed by atoms with E-state index in [-0.39, 0.29) is 6.17 Å². The molecule has 0 unspecified atom stereocenters. The normalized spacial score (nSPS) is 13.9. The Hall–Kier alpha value is -3.26. The highest BCUT2D eigenvalue weighted by Crippen LogP contribution is 2.38. The van der Waals surface area contributed by atoms with Crippen molar-refractivity contribution in [1.82, 2.24) is 10.6 Å². The van der Waals surface area contributed by atoms with E-state index in [0.29, 0.717) is 0 Å². The van der Waals surface area contributed by atoms with Crippen LogP contribution in [0.1, 0.15) is 11.7 Å². The number of hydrogen-bond acceptors (Lipinski definition) is 2. The van der Waals surface area contributed by atoms with Crippen molar-refractivity contribution in [3.63, 3.8) is 0 Å². The Labute approximate surface area is 146 Å². The molecule has 2 N–H and O–H groups in total. The maximum absolute atomic E-state index is 3.40. The predicted molar refractivity (Wildman–Crippen MR) is 105 cm³/mol. The van der Waals surface area contributed by atoms with Gasteiger partial charge in [0.25, 0.3) is 0 Å². The summed E-state index contributed by atoms with van der Waals surface area (Å²) in [4.78, 5) is 0. The summed E-state index contributed by atoms with van der Waals surface area (Å²) in [5.41, 5.74) is 3.84. The highest BCUT2D eigenvalue weighted by molar-refractivity contribution is 6.06. The molecule has 4 aromatic rings. The number of fused-ring (bicyclic) bond motifs is 2. The van der Waals surface area contributed by atoms with Crippen LogP contribution in [0, 0.1) is 0 Å². The Morgan fingerprint density at radius 3 is 2.00 bits per heavy atom. The second kappa shape index (κ2) is 5.67. The largest absolute Gasteiger partial charge is 0.366 e. The van der Waals surface area contributed by atoms with Crippen molar-refractivity contribution in [2.75, 3.05) is 0 Å². The summed E-state index contributed by atoms with van der Waals surface area (Å²) in [5.74, 6) is 0. The van der Waals surface area contributed by atoms with Gasteiger partial charge in [0.2, 0.25) is 0 Å². The van der Waals surface area contributed by atoms with E-state index < -0.39 is 0 Å². The summed E-state index contributed by atoms with van der Waals surface area (Å²) < 4.78 is 0. The van der Waals surface area contributed by atoms with Crippen molar-refractivity contribution in [2.45, 2.75) is 6.17 Å². The van der Waals surface area contributed by atoms with Gasteiger partial charge < -0.3 is 10.6 Å². The Morgan fingerprint density at radius 2 is 1.20 bits per heavy atom. The maximum Gasteiger partial charge on any atom is 0.123 e. The van der Waals surface area contributed by atoms with Gasteiger partial charge in [-0.1, -0.05) is 78.9 Å². The summed E-state index contributed by atoms with van der Waals surface area (Å²) in [6.45, 7) is 0. The fourth-order valence-corrected chi connectivity index (χ4v) is 3.79. The fourth-order valence-electron chi connectivity index (χ4n) is 3.79. The lowest BCUT2D eigenvalue weighted by Crippen LogP contribution is -2.21. The highest BCUT2D eigenvalue weighted by Gasteiger charge is 2.19. The third kappa shape index (κ3) is 2.26. The zero-order chi connectivity index (χ0) is 16.6. The Bertz CT molecular complexity index is 1100. The van der Waals surface area contributed by atoms with Crippen LogP contribution in [-0.4, -0.2) is 0 Å². The zero-order valence-corrected chi connectivity index (χ0v) is 13.7. The summed E-state index contributed by atoms with van der Waals surface area (Å²) >= 11 is 0. The molecular formula is C23H18N2. The molecule has 5 rings (SSSR count). The second-order valence-corrected chi connectivity index (χ2v) is 6.38. The molecule has 25 heavy (non-hydrogen) atoms. The van der Waals surface area contributed by atoms with E-state index in [0.717, 1.165) is 0 Å². The first-order valence-corrected chi connectivity index (χ1v) is 8.59. The molecule has 0 atom stereocenters. The Kier molecular flexibility index (Phi) is 3.20. The monoisotopic (exact) mass is 322 g/mol. The highest BCUT2D eigenvalue weighted by atomic mass is 15.1. The quantitative estimate of drug-likeness (QED) is 0.522. The summed E-state index contributed by atoms with van der Waals surface area (Å²) in [5, 5.41) is 11.9. The van der Waals surface area contributed by atoms with Crippen LogP contribution in [0.2, 0.25) is 0 Å². The summed E-state index contributed by atoms with van der Waals surface area (Å²) in [6, 6.07) is 28.2. The maximum atomic E-state index is 3.40. The van der Waals surface area contributed by atoms with Gasteiger partial charge in [0, 0.05) is 18.0 Å². The minimum Gasteiger partial charge on any atom is -0.366 e. The molecule has 0 aromatic heterocycles. The molecule has 2 nitrogen and oxygen atoms in total. The van der Waals surface area contributed by atoms with Crippen molar-refractivity contribution in [3.05, 3.63) is 96.8 Å². The van der Waals surface area contributed by atoms with Gasteiger partial charge >= 0.3 is 0 Å². The molecule has 0 spiro atoms. The van der Waals surface area contributed by atoms with E-state index in [9.17, 15) is 0 Å². The van der Waals surface area contributed by atoms with Gasteiger partial charge in [-0.25, -0.2) is 0 Å². The molecule has 0 aliphatic carbocycles. The number of benzene rings is 4. The van der Waals surface area contributed by atoms with Crippen LogP contribution < -0.4 is 10.6 Å². The smallest absolute Gasteiger partial charge is 0.123 e. The van der Waals surface area contributed by atoms with Crippen molar-refractivity contribution < 1.29 is 0 Å². The molecule has 0 saturated heterocycles. The van der Waals surface area contributed by atoms with Crippen LogP contribution in [0.4, 0.5) is 0 Å². The first kappa shape index (κ1) is 14.1. The van der Waals surface area contributed by atoms with E-state index >= 15 is 0 Å². The van der Waals surface area contributed by atoms with Gasteiger partial charge in [-0.2, -0.15) is 0 Å². The van der Waals surface area contributed by atoms with Crippen LogP contribution in [0.3, 0.4) is 0 Å². The van der Waals surface area contributed by atoms with E-state index in [2.05, 4.69) is 89.5 Å². The van der Waals surface area contributed by atoms with E-state index in [1.165, 1.54) is 38.2 Å². The SMILES string of the molecule is C1=CNC(c2ccc3ccccc3c2-c2cccc3ccccc23)N1. The summed E-state index contributed by atoms with van der Waals surface area (Å²) in [7, 11) is 0. The van der Waals surface area contributed by atoms with Crippen molar-refractivity contribution >= 4 is 21.5 Å². The van der Waals surface area contributed by atoms with Gasteiger partial charge in [-0.3, -0.25) is 0 Å². The standard InChI is InChI=1S/C23H18N2/c1-3-9-18-16(6-1)8-5-11-20(18)22-19-10-4-2-7-17(19)12-13-21(22)23-24-14-15-25-23/h1-15,23-25H. The van der Waals surface area contributed by atoms with Gasteiger partial charge in [0.15, 0.2) is 0 Å². The second-order valence-electron chi connectivity index (χ2n) is 6.38. The lowest BCUT2D eigenvalue weighted by molar-refractivity contribution is 0.610. The van der Waals surface area contributed by atoms with Gasteiger partial charge in [0.05, 0.1) is 0 Å². The molecule has 0 amide bonds. The summed E-state index contributed by atoms with van der Waals surface area (Å²) in [6.07, 6.45) is 4.03. The van der Waals surface area contributed by atoms with E-state index in [1.54, 1.807) is 0 Å². The molecule has 1 aliphatic rings. The predicted octanol–water partition coefficient (Wildman–Crippen LogP) is 5.32. The van der Waals surface area contributed by atoms with Crippen molar-refractivity contribution in [1.29, 1.82) is 0 Å². The van der Waals surface area contributed by atoms with Crippen LogP contribution >= 0.6 is 0 Å². The van der Waals surface area contributed by atoms with Crippen molar-refractivity contribution in [2.24, 2.45) is 0 Å². The Morgan fingerprint density at radius 1 is 0.560 bits per heavy atom. The average Bonchev–Trinajstić information content (AvgIpc) is 3.21. The van der Waals surface area contributed by atoms with Gasteiger partial charge in [0.1, 0.15) is 6.17 Å². The average molecular weight is 322 g/mol. The molecule has 1 aliphatic heterocycles. The molecule has 0 radical (unpaired) electrons. The molecule has 1 heterocycles. The molecule has 0 fully saturated rings. The molecule has 2 heteroatoms. The number of nitrogens with one attached hydrogen (secondary N) is 2. The number of hydrogen-bond donors (Lipinski definition) is 2. The lowest BCUT2D eigenvalue weighted by atomic mass is 9.89. The van der Waals surface area contributed by atoms with E-state index in [1.807, 2.05) is 12.4 Å². The molecule has 120 valence electrons.